The second-order valence-electron chi connectivity index (χ2n) is 5.13. The summed E-state index contributed by atoms with van der Waals surface area (Å²) in [6, 6.07) is 5.70. The third kappa shape index (κ3) is 2.71. The minimum absolute atomic E-state index is 0.0815. The molecule has 0 radical (unpaired) electrons. The molecule has 2 heterocycles. The first-order chi connectivity index (χ1) is 9.87. The Morgan fingerprint density at radius 1 is 1.29 bits per heavy atom. The standard InChI is InChI=1S/C13H12F3N3O2/c1-12(6-17-7-12)11-18-10(19-21-11)8-4-2-3-5-9(8)20-13(14,15)16/h2-5,17H,6-7H2,1H3. The molecule has 5 nitrogen and oxygen atoms in total. The summed E-state index contributed by atoms with van der Waals surface area (Å²) in [5.74, 6) is 0.130. The monoisotopic (exact) mass is 299 g/mol. The fraction of sp³-hybridized carbons (Fsp3) is 0.385. The minimum atomic E-state index is -4.77. The Hall–Kier alpha value is -2.09. The van der Waals surface area contributed by atoms with Gasteiger partial charge in [0.1, 0.15) is 5.75 Å². The van der Waals surface area contributed by atoms with Crippen molar-refractivity contribution < 1.29 is 22.4 Å². The van der Waals surface area contributed by atoms with Gasteiger partial charge in [0.05, 0.1) is 11.0 Å². The molecule has 1 aromatic heterocycles. The quantitative estimate of drug-likeness (QED) is 0.943. The van der Waals surface area contributed by atoms with Gasteiger partial charge in [0.2, 0.25) is 11.7 Å². The predicted octanol–water partition coefficient (Wildman–Crippen LogP) is 2.50. The molecule has 112 valence electrons. The maximum Gasteiger partial charge on any atom is 0.573 e. The van der Waals surface area contributed by atoms with Crippen LogP contribution in [-0.2, 0) is 5.41 Å². The van der Waals surface area contributed by atoms with E-state index in [9.17, 15) is 13.2 Å². The molecule has 1 aromatic carbocycles. The van der Waals surface area contributed by atoms with Crippen molar-refractivity contribution in [1.29, 1.82) is 0 Å². The highest BCUT2D eigenvalue weighted by atomic mass is 19.4. The highest BCUT2D eigenvalue weighted by Crippen LogP contribution is 2.34. The largest absolute Gasteiger partial charge is 0.573 e. The van der Waals surface area contributed by atoms with Crippen LogP contribution >= 0.6 is 0 Å². The number of hydrogen-bond donors (Lipinski definition) is 1. The first-order valence-corrected chi connectivity index (χ1v) is 6.27. The van der Waals surface area contributed by atoms with Gasteiger partial charge in [-0.25, -0.2) is 0 Å². The van der Waals surface area contributed by atoms with Gasteiger partial charge in [0.15, 0.2) is 0 Å². The van der Waals surface area contributed by atoms with Crippen molar-refractivity contribution in [3.63, 3.8) is 0 Å². The van der Waals surface area contributed by atoms with Crippen LogP contribution in [0.1, 0.15) is 12.8 Å². The molecule has 1 aliphatic heterocycles. The van der Waals surface area contributed by atoms with E-state index in [-0.39, 0.29) is 22.6 Å². The predicted molar refractivity (Wildman–Crippen MR) is 66.6 cm³/mol. The van der Waals surface area contributed by atoms with Crippen molar-refractivity contribution in [3.8, 4) is 17.1 Å². The molecule has 0 amide bonds. The van der Waals surface area contributed by atoms with Crippen LogP contribution in [0.3, 0.4) is 0 Å². The number of para-hydroxylation sites is 1. The van der Waals surface area contributed by atoms with Crippen LogP contribution < -0.4 is 10.1 Å². The number of hydrogen-bond acceptors (Lipinski definition) is 5. The number of benzene rings is 1. The lowest BCUT2D eigenvalue weighted by atomic mass is 9.84. The van der Waals surface area contributed by atoms with Gasteiger partial charge in [0.25, 0.3) is 0 Å². The van der Waals surface area contributed by atoms with Gasteiger partial charge in [-0.1, -0.05) is 17.3 Å². The second-order valence-corrected chi connectivity index (χ2v) is 5.13. The Balaban J connectivity index is 1.94. The first-order valence-electron chi connectivity index (χ1n) is 6.27. The van der Waals surface area contributed by atoms with Crippen LogP contribution in [-0.4, -0.2) is 29.6 Å². The van der Waals surface area contributed by atoms with Crippen molar-refractivity contribution in [2.45, 2.75) is 18.7 Å². The molecule has 2 aromatic rings. The number of nitrogens with zero attached hydrogens (tertiary/aromatic N) is 2. The van der Waals surface area contributed by atoms with Crippen molar-refractivity contribution in [2.24, 2.45) is 0 Å². The van der Waals surface area contributed by atoms with Gasteiger partial charge in [0, 0.05) is 13.1 Å². The normalized spacial score (nSPS) is 17.3. The number of halogens is 3. The van der Waals surface area contributed by atoms with Crippen LogP contribution in [0.4, 0.5) is 13.2 Å². The maximum absolute atomic E-state index is 12.4. The fourth-order valence-corrected chi connectivity index (χ4v) is 2.09. The average Bonchev–Trinajstić information content (AvgIpc) is 2.84. The van der Waals surface area contributed by atoms with Gasteiger partial charge in [-0.2, -0.15) is 4.98 Å². The van der Waals surface area contributed by atoms with E-state index in [0.717, 1.165) is 0 Å². The summed E-state index contributed by atoms with van der Waals surface area (Å²) in [7, 11) is 0. The van der Waals surface area contributed by atoms with E-state index >= 15 is 0 Å². The summed E-state index contributed by atoms with van der Waals surface area (Å²) in [6.07, 6.45) is -4.77. The van der Waals surface area contributed by atoms with Crippen molar-refractivity contribution >= 4 is 0 Å². The van der Waals surface area contributed by atoms with Gasteiger partial charge < -0.3 is 14.6 Å². The van der Waals surface area contributed by atoms with E-state index in [1.807, 2.05) is 6.92 Å². The summed E-state index contributed by atoms with van der Waals surface area (Å²) >= 11 is 0. The molecule has 1 fully saturated rings. The van der Waals surface area contributed by atoms with E-state index in [1.165, 1.54) is 18.2 Å². The van der Waals surface area contributed by atoms with E-state index < -0.39 is 6.36 Å². The zero-order valence-corrected chi connectivity index (χ0v) is 11.1. The summed E-state index contributed by atoms with van der Waals surface area (Å²) in [5.41, 5.74) is -0.133. The van der Waals surface area contributed by atoms with Crippen LogP contribution in [0.5, 0.6) is 5.75 Å². The molecule has 21 heavy (non-hydrogen) atoms. The molecule has 8 heteroatoms. The van der Waals surface area contributed by atoms with Crippen LogP contribution in [0, 0.1) is 0 Å². The van der Waals surface area contributed by atoms with Crippen molar-refractivity contribution in [3.05, 3.63) is 30.2 Å². The highest BCUT2D eigenvalue weighted by molar-refractivity contribution is 5.63. The molecular weight excluding hydrogens is 287 g/mol. The summed E-state index contributed by atoms with van der Waals surface area (Å²) < 4.78 is 46.4. The lowest BCUT2D eigenvalue weighted by Gasteiger charge is -2.35. The molecule has 0 unspecified atom stereocenters. The number of nitrogens with one attached hydrogen (secondary N) is 1. The van der Waals surface area contributed by atoms with Gasteiger partial charge in [-0.05, 0) is 19.1 Å². The third-order valence-corrected chi connectivity index (χ3v) is 3.33. The van der Waals surface area contributed by atoms with Crippen molar-refractivity contribution in [1.82, 2.24) is 15.5 Å². The summed E-state index contributed by atoms with van der Waals surface area (Å²) in [6.45, 7) is 3.32. The molecule has 1 saturated heterocycles. The van der Waals surface area contributed by atoms with E-state index in [2.05, 4.69) is 20.2 Å². The van der Waals surface area contributed by atoms with E-state index in [1.54, 1.807) is 6.07 Å². The average molecular weight is 299 g/mol. The lowest BCUT2D eigenvalue weighted by Crippen LogP contribution is -2.54. The van der Waals surface area contributed by atoms with Crippen LogP contribution in [0.15, 0.2) is 28.8 Å². The maximum atomic E-state index is 12.4. The molecule has 0 aliphatic carbocycles. The Morgan fingerprint density at radius 3 is 2.62 bits per heavy atom. The van der Waals surface area contributed by atoms with E-state index in [4.69, 9.17) is 4.52 Å². The zero-order chi connectivity index (χ0) is 15.1. The second kappa shape index (κ2) is 4.73. The topological polar surface area (TPSA) is 60.2 Å². The van der Waals surface area contributed by atoms with Gasteiger partial charge in [-0.15, -0.1) is 13.2 Å². The number of rotatable bonds is 3. The highest BCUT2D eigenvalue weighted by Gasteiger charge is 2.39. The Morgan fingerprint density at radius 2 is 2.00 bits per heavy atom. The minimum Gasteiger partial charge on any atom is -0.405 e. The molecule has 0 atom stereocenters. The molecule has 0 saturated carbocycles. The molecule has 3 rings (SSSR count). The molecule has 1 aliphatic rings. The number of ether oxygens (including phenoxy) is 1. The van der Waals surface area contributed by atoms with Crippen molar-refractivity contribution in [2.75, 3.05) is 13.1 Å². The lowest BCUT2D eigenvalue weighted by molar-refractivity contribution is -0.274. The van der Waals surface area contributed by atoms with E-state index in [0.29, 0.717) is 19.0 Å². The Kier molecular flexibility index (Phi) is 3.12. The Labute approximate surface area is 118 Å². The van der Waals surface area contributed by atoms with Crippen LogP contribution in [0.2, 0.25) is 0 Å². The molecule has 0 bridgehead atoms. The molecule has 0 spiro atoms. The number of aromatic nitrogens is 2. The van der Waals surface area contributed by atoms with Crippen LogP contribution in [0.25, 0.3) is 11.4 Å². The smallest absolute Gasteiger partial charge is 0.405 e. The summed E-state index contributed by atoms with van der Waals surface area (Å²) in [5, 5.41) is 6.85. The number of alkyl halides is 3. The third-order valence-electron chi connectivity index (χ3n) is 3.33. The molecule has 1 N–H and O–H groups in total. The SMILES string of the molecule is CC1(c2nc(-c3ccccc3OC(F)(F)F)no2)CNC1. The Bertz CT molecular complexity index is 650. The fourth-order valence-electron chi connectivity index (χ4n) is 2.09. The zero-order valence-electron chi connectivity index (χ0n) is 11.1. The first kappa shape index (κ1) is 13.9. The van der Waals surface area contributed by atoms with Gasteiger partial charge in [-0.3, -0.25) is 0 Å². The summed E-state index contributed by atoms with van der Waals surface area (Å²) in [4.78, 5) is 4.20. The molecular formula is C13H12F3N3O2. The van der Waals surface area contributed by atoms with Gasteiger partial charge >= 0.3 is 6.36 Å².